The highest BCUT2D eigenvalue weighted by Gasteiger charge is 2.40. The molecule has 5 nitrogen and oxygen atoms in total. The second-order valence-corrected chi connectivity index (χ2v) is 9.02. The van der Waals surface area contributed by atoms with Gasteiger partial charge in [0.25, 0.3) is 10.0 Å². The van der Waals surface area contributed by atoms with Crippen molar-refractivity contribution in [3.8, 4) is 6.07 Å². The number of aryl methyl sites for hydroxylation is 1. The lowest BCUT2D eigenvalue weighted by molar-refractivity contribution is 0.589. The number of fused-ring (bicyclic) bond motifs is 1. The highest BCUT2D eigenvalue weighted by atomic mass is 32.2. The Morgan fingerprint density at radius 1 is 1.22 bits per heavy atom. The van der Waals surface area contributed by atoms with Crippen LogP contribution in [0.4, 0.5) is 0 Å². The average Bonchev–Trinajstić information content (AvgIpc) is 3.31. The van der Waals surface area contributed by atoms with E-state index in [2.05, 4.69) is 11.4 Å². The molecular formula is C21H21N3O2S. The normalized spacial score (nSPS) is 19.1. The molecule has 1 aliphatic carbocycles. The molecule has 1 saturated carbocycles. The molecule has 27 heavy (non-hydrogen) atoms. The number of nitrogens with zero attached hydrogens (tertiary/aromatic N) is 2. The quantitative estimate of drug-likeness (QED) is 0.737. The largest absolute Gasteiger partial charge is 0.319 e. The maximum Gasteiger partial charge on any atom is 0.268 e. The number of rotatable bonds is 5. The monoisotopic (exact) mass is 379 g/mol. The lowest BCUT2D eigenvalue weighted by Gasteiger charge is -2.08. The van der Waals surface area contributed by atoms with Crippen LogP contribution >= 0.6 is 0 Å². The molecule has 0 radical (unpaired) electrons. The van der Waals surface area contributed by atoms with Crippen molar-refractivity contribution in [3.63, 3.8) is 0 Å². The van der Waals surface area contributed by atoms with Gasteiger partial charge in [-0.05, 0) is 74.7 Å². The van der Waals surface area contributed by atoms with Crippen molar-refractivity contribution in [3.05, 3.63) is 65.4 Å². The molecule has 138 valence electrons. The van der Waals surface area contributed by atoms with Gasteiger partial charge in [0.1, 0.15) is 0 Å². The fraction of sp³-hybridized carbons (Fsp3) is 0.286. The zero-order chi connectivity index (χ0) is 19.2. The lowest BCUT2D eigenvalue weighted by atomic mass is 10.1. The van der Waals surface area contributed by atoms with E-state index in [0.29, 0.717) is 22.9 Å². The van der Waals surface area contributed by atoms with Gasteiger partial charge in [0.05, 0.1) is 22.0 Å². The Bertz CT molecular complexity index is 1150. The van der Waals surface area contributed by atoms with E-state index in [4.69, 9.17) is 0 Å². The van der Waals surface area contributed by atoms with Crippen LogP contribution in [-0.2, 0) is 10.0 Å². The van der Waals surface area contributed by atoms with Crippen LogP contribution in [0.3, 0.4) is 0 Å². The summed E-state index contributed by atoms with van der Waals surface area (Å²) in [4.78, 5) is 0.267. The SMILES string of the molecule is CNCC1CC1c1cn(S(=O)(=O)c2ccc(C)cc2)c2ccc(C#N)cc12. The molecule has 0 spiro atoms. The third kappa shape index (κ3) is 3.03. The van der Waals surface area contributed by atoms with Gasteiger partial charge in [0, 0.05) is 11.6 Å². The van der Waals surface area contributed by atoms with Crippen LogP contribution in [0.1, 0.15) is 29.0 Å². The fourth-order valence-corrected chi connectivity index (χ4v) is 5.11. The fourth-order valence-electron chi connectivity index (χ4n) is 3.73. The summed E-state index contributed by atoms with van der Waals surface area (Å²) in [5, 5.41) is 13.3. The van der Waals surface area contributed by atoms with Crippen LogP contribution in [-0.4, -0.2) is 26.0 Å². The predicted molar refractivity (Wildman–Crippen MR) is 105 cm³/mol. The van der Waals surface area contributed by atoms with Crippen molar-refractivity contribution >= 4 is 20.9 Å². The molecule has 2 aromatic carbocycles. The molecule has 0 aliphatic heterocycles. The Kier molecular flexibility index (Phi) is 4.29. The van der Waals surface area contributed by atoms with Crippen LogP contribution in [0.2, 0.25) is 0 Å². The highest BCUT2D eigenvalue weighted by molar-refractivity contribution is 7.90. The summed E-state index contributed by atoms with van der Waals surface area (Å²) in [5.74, 6) is 0.824. The molecule has 6 heteroatoms. The summed E-state index contributed by atoms with van der Waals surface area (Å²) < 4.78 is 27.9. The van der Waals surface area contributed by atoms with E-state index >= 15 is 0 Å². The Hall–Kier alpha value is -2.62. The third-order valence-corrected chi connectivity index (χ3v) is 6.98. The average molecular weight is 379 g/mol. The van der Waals surface area contributed by atoms with Crippen LogP contribution < -0.4 is 5.32 Å². The summed E-state index contributed by atoms with van der Waals surface area (Å²) in [6.07, 6.45) is 2.78. The highest BCUT2D eigenvalue weighted by Crippen LogP contribution is 2.50. The van der Waals surface area contributed by atoms with E-state index in [0.717, 1.165) is 29.5 Å². The van der Waals surface area contributed by atoms with Crippen LogP contribution in [0, 0.1) is 24.2 Å². The second-order valence-electron chi connectivity index (χ2n) is 7.20. The van der Waals surface area contributed by atoms with Crippen molar-refractivity contribution in [2.45, 2.75) is 24.2 Å². The summed E-state index contributed by atoms with van der Waals surface area (Å²) in [5.41, 5.74) is 3.19. The Morgan fingerprint density at radius 2 is 1.96 bits per heavy atom. The molecule has 2 atom stereocenters. The van der Waals surface area contributed by atoms with Crippen LogP contribution in [0.5, 0.6) is 0 Å². The molecule has 1 heterocycles. The van der Waals surface area contributed by atoms with Gasteiger partial charge in [0.15, 0.2) is 0 Å². The van der Waals surface area contributed by atoms with Crippen molar-refractivity contribution in [2.75, 3.05) is 13.6 Å². The summed E-state index contributed by atoms with van der Waals surface area (Å²) in [6, 6.07) is 14.3. The minimum atomic E-state index is -3.70. The standard InChI is InChI=1S/C21H21N3O2S/c1-14-3-6-17(7-4-14)27(25,26)24-13-20(18-10-16(18)12-23-2)19-9-15(11-22)5-8-21(19)24/h3-9,13,16,18,23H,10,12H2,1-2H3. The van der Waals surface area contributed by atoms with E-state index in [9.17, 15) is 13.7 Å². The summed E-state index contributed by atoms with van der Waals surface area (Å²) in [7, 11) is -1.77. The second kappa shape index (κ2) is 6.52. The van der Waals surface area contributed by atoms with Crippen LogP contribution in [0.15, 0.2) is 53.6 Å². The van der Waals surface area contributed by atoms with E-state index in [-0.39, 0.29) is 4.90 Å². The smallest absolute Gasteiger partial charge is 0.268 e. The molecule has 1 aliphatic rings. The number of nitriles is 1. The number of nitrogens with one attached hydrogen (secondary N) is 1. The molecule has 0 saturated heterocycles. The third-order valence-electron chi connectivity index (χ3n) is 5.30. The molecule has 3 aromatic rings. The van der Waals surface area contributed by atoms with Gasteiger partial charge in [-0.25, -0.2) is 12.4 Å². The van der Waals surface area contributed by atoms with Gasteiger partial charge in [-0.15, -0.1) is 0 Å². The predicted octanol–water partition coefficient (Wildman–Crippen LogP) is 3.38. The number of hydrogen-bond acceptors (Lipinski definition) is 4. The maximum atomic E-state index is 13.3. The van der Waals surface area contributed by atoms with Crippen molar-refractivity contribution in [1.29, 1.82) is 5.26 Å². The molecule has 0 amide bonds. The van der Waals surface area contributed by atoms with Gasteiger partial charge < -0.3 is 5.32 Å². The Morgan fingerprint density at radius 3 is 2.63 bits per heavy atom. The van der Waals surface area contributed by atoms with Crippen molar-refractivity contribution in [2.24, 2.45) is 5.92 Å². The Balaban J connectivity index is 1.89. The molecule has 1 aromatic heterocycles. The zero-order valence-electron chi connectivity index (χ0n) is 15.3. The van der Waals surface area contributed by atoms with Gasteiger partial charge in [-0.1, -0.05) is 17.7 Å². The number of benzene rings is 2. The van der Waals surface area contributed by atoms with E-state index in [1.807, 2.05) is 14.0 Å². The molecular weight excluding hydrogens is 358 g/mol. The van der Waals surface area contributed by atoms with Crippen LogP contribution in [0.25, 0.3) is 10.9 Å². The minimum Gasteiger partial charge on any atom is -0.319 e. The van der Waals surface area contributed by atoms with Crippen molar-refractivity contribution in [1.82, 2.24) is 9.29 Å². The first kappa shape index (κ1) is 17.8. The van der Waals surface area contributed by atoms with Crippen molar-refractivity contribution < 1.29 is 8.42 Å². The summed E-state index contributed by atoms with van der Waals surface area (Å²) in [6.45, 7) is 2.83. The van der Waals surface area contributed by atoms with Gasteiger partial charge in [0.2, 0.25) is 0 Å². The van der Waals surface area contributed by atoms with E-state index < -0.39 is 10.0 Å². The minimum absolute atomic E-state index is 0.267. The number of aromatic nitrogens is 1. The first-order chi connectivity index (χ1) is 13.0. The topological polar surface area (TPSA) is 74.9 Å². The van der Waals surface area contributed by atoms with Gasteiger partial charge in [-0.2, -0.15) is 5.26 Å². The van der Waals surface area contributed by atoms with E-state index in [1.165, 1.54) is 3.97 Å². The Labute approximate surface area is 159 Å². The summed E-state index contributed by atoms with van der Waals surface area (Å²) >= 11 is 0. The van der Waals surface area contributed by atoms with Gasteiger partial charge in [-0.3, -0.25) is 0 Å². The molecule has 2 unspecified atom stereocenters. The zero-order valence-corrected chi connectivity index (χ0v) is 16.1. The van der Waals surface area contributed by atoms with E-state index in [1.54, 1.807) is 48.7 Å². The molecule has 1 fully saturated rings. The lowest BCUT2D eigenvalue weighted by Crippen LogP contribution is -2.12. The maximum absolute atomic E-state index is 13.3. The van der Waals surface area contributed by atoms with Gasteiger partial charge >= 0.3 is 0 Å². The number of hydrogen-bond donors (Lipinski definition) is 1. The first-order valence-electron chi connectivity index (χ1n) is 8.97. The first-order valence-corrected chi connectivity index (χ1v) is 10.4. The molecule has 0 bridgehead atoms. The molecule has 1 N–H and O–H groups in total. The molecule has 4 rings (SSSR count).